The number of hydrogen-bond donors (Lipinski definition) is 0. The maximum Gasteiger partial charge on any atom is 0.0598 e. The summed E-state index contributed by atoms with van der Waals surface area (Å²) in [5.74, 6) is 0. The van der Waals surface area contributed by atoms with Gasteiger partial charge < -0.3 is 9.47 Å². The van der Waals surface area contributed by atoms with E-state index < -0.39 is 0 Å². The second-order valence-corrected chi connectivity index (χ2v) is 8.53. The Labute approximate surface area is 126 Å². The zero-order valence-electron chi connectivity index (χ0n) is 14.7. The highest BCUT2D eigenvalue weighted by molar-refractivity contribution is 4.85. The van der Waals surface area contributed by atoms with Crippen LogP contribution in [0.3, 0.4) is 0 Å². The van der Waals surface area contributed by atoms with Crippen molar-refractivity contribution in [1.82, 2.24) is 0 Å². The summed E-state index contributed by atoms with van der Waals surface area (Å²) in [5, 5.41) is 0. The zero-order valence-corrected chi connectivity index (χ0v) is 14.7. The van der Waals surface area contributed by atoms with Gasteiger partial charge in [0.15, 0.2) is 0 Å². The van der Waals surface area contributed by atoms with Crippen LogP contribution in [0.4, 0.5) is 0 Å². The Balaban J connectivity index is 2.29. The van der Waals surface area contributed by atoms with Crippen molar-refractivity contribution in [2.45, 2.75) is 97.7 Å². The molecule has 20 heavy (non-hydrogen) atoms. The van der Waals surface area contributed by atoms with Gasteiger partial charge in [0, 0.05) is 6.61 Å². The molecule has 0 atom stereocenters. The number of rotatable bonds is 7. The lowest BCUT2D eigenvalue weighted by molar-refractivity contribution is -0.0553. The van der Waals surface area contributed by atoms with Crippen LogP contribution in [-0.2, 0) is 9.47 Å². The van der Waals surface area contributed by atoms with E-state index in [1.165, 1.54) is 44.9 Å². The second-order valence-electron chi connectivity index (χ2n) is 8.53. The molecular weight excluding hydrogens is 248 g/mol. The van der Waals surface area contributed by atoms with Gasteiger partial charge in [0.05, 0.1) is 17.8 Å². The Hall–Kier alpha value is -0.0800. The van der Waals surface area contributed by atoms with Crippen LogP contribution >= 0.6 is 0 Å². The van der Waals surface area contributed by atoms with E-state index in [1.807, 2.05) is 0 Å². The third-order valence-electron chi connectivity index (χ3n) is 4.11. The van der Waals surface area contributed by atoms with Crippen LogP contribution < -0.4 is 0 Å². The van der Waals surface area contributed by atoms with E-state index in [-0.39, 0.29) is 11.2 Å². The van der Waals surface area contributed by atoms with Crippen LogP contribution in [0.5, 0.6) is 0 Å². The smallest absolute Gasteiger partial charge is 0.0598 e. The van der Waals surface area contributed by atoms with Crippen LogP contribution in [0.1, 0.15) is 86.5 Å². The molecule has 0 saturated heterocycles. The van der Waals surface area contributed by atoms with E-state index in [4.69, 9.17) is 9.47 Å². The Bertz CT molecular complexity index is 264. The van der Waals surface area contributed by atoms with E-state index in [9.17, 15) is 0 Å². The predicted molar refractivity (Wildman–Crippen MR) is 86.2 cm³/mol. The summed E-state index contributed by atoms with van der Waals surface area (Å²) in [7, 11) is 0. The highest BCUT2D eigenvalue weighted by Crippen LogP contribution is 2.43. The lowest BCUT2D eigenvalue weighted by Crippen LogP contribution is -2.30. The van der Waals surface area contributed by atoms with Crippen LogP contribution in [-0.4, -0.2) is 24.4 Å². The summed E-state index contributed by atoms with van der Waals surface area (Å²) in [4.78, 5) is 0. The quantitative estimate of drug-likeness (QED) is 0.587. The Morgan fingerprint density at radius 3 is 1.85 bits per heavy atom. The molecule has 1 rings (SSSR count). The SMILES string of the molecule is CC(C)(C)OCCCCC1(COC(C)(C)C)CCCC1. The van der Waals surface area contributed by atoms with Crippen molar-refractivity contribution in [2.24, 2.45) is 5.41 Å². The maximum absolute atomic E-state index is 6.10. The van der Waals surface area contributed by atoms with Crippen molar-refractivity contribution in [1.29, 1.82) is 0 Å². The van der Waals surface area contributed by atoms with Gasteiger partial charge >= 0.3 is 0 Å². The molecule has 0 spiro atoms. The van der Waals surface area contributed by atoms with Gasteiger partial charge in [0.25, 0.3) is 0 Å². The molecular formula is C18H36O2. The summed E-state index contributed by atoms with van der Waals surface area (Å²) in [6, 6.07) is 0. The van der Waals surface area contributed by atoms with Gasteiger partial charge in [-0.15, -0.1) is 0 Å². The molecule has 0 aliphatic heterocycles. The normalized spacial score (nSPS) is 19.5. The average molecular weight is 284 g/mol. The van der Waals surface area contributed by atoms with Gasteiger partial charge in [-0.1, -0.05) is 19.3 Å². The molecule has 0 aromatic carbocycles. The van der Waals surface area contributed by atoms with E-state index in [2.05, 4.69) is 41.5 Å². The highest BCUT2D eigenvalue weighted by Gasteiger charge is 2.34. The molecule has 0 unspecified atom stereocenters. The minimum atomic E-state index is -0.00899. The van der Waals surface area contributed by atoms with Crippen molar-refractivity contribution in [2.75, 3.05) is 13.2 Å². The molecule has 2 nitrogen and oxygen atoms in total. The summed E-state index contributed by atoms with van der Waals surface area (Å²) < 4.78 is 11.9. The molecule has 1 saturated carbocycles. The van der Waals surface area contributed by atoms with Gasteiger partial charge in [-0.2, -0.15) is 0 Å². The average Bonchev–Trinajstić information content (AvgIpc) is 2.73. The van der Waals surface area contributed by atoms with Crippen molar-refractivity contribution in [3.63, 3.8) is 0 Å². The first-order chi connectivity index (χ1) is 9.12. The Kier molecular flexibility index (Phi) is 6.53. The Morgan fingerprint density at radius 2 is 1.35 bits per heavy atom. The molecule has 1 aliphatic carbocycles. The first-order valence-corrected chi connectivity index (χ1v) is 8.40. The molecule has 0 aromatic heterocycles. The monoisotopic (exact) mass is 284 g/mol. The maximum atomic E-state index is 6.10. The van der Waals surface area contributed by atoms with E-state index in [0.717, 1.165) is 13.2 Å². The van der Waals surface area contributed by atoms with E-state index in [1.54, 1.807) is 0 Å². The number of unbranched alkanes of at least 4 members (excludes halogenated alkanes) is 1. The summed E-state index contributed by atoms with van der Waals surface area (Å²) in [5.41, 5.74) is 0.445. The third kappa shape index (κ3) is 7.64. The minimum Gasteiger partial charge on any atom is -0.376 e. The largest absolute Gasteiger partial charge is 0.376 e. The molecule has 0 N–H and O–H groups in total. The first-order valence-electron chi connectivity index (χ1n) is 8.40. The van der Waals surface area contributed by atoms with Crippen LogP contribution in [0.2, 0.25) is 0 Å². The highest BCUT2D eigenvalue weighted by atomic mass is 16.5. The molecule has 0 bridgehead atoms. The molecule has 0 aromatic rings. The third-order valence-corrected chi connectivity index (χ3v) is 4.11. The minimum absolute atomic E-state index is 0.000388. The lowest BCUT2D eigenvalue weighted by atomic mass is 9.82. The van der Waals surface area contributed by atoms with E-state index >= 15 is 0 Å². The van der Waals surface area contributed by atoms with E-state index in [0.29, 0.717) is 5.41 Å². The zero-order chi connectivity index (χ0) is 15.3. The lowest BCUT2D eigenvalue weighted by Gasteiger charge is -2.33. The fraction of sp³-hybridized carbons (Fsp3) is 1.00. The van der Waals surface area contributed by atoms with Crippen LogP contribution in [0.25, 0.3) is 0 Å². The number of ether oxygens (including phenoxy) is 2. The molecule has 0 heterocycles. The fourth-order valence-electron chi connectivity index (χ4n) is 2.94. The standard InChI is InChI=1S/C18H36O2/c1-16(2,3)19-14-10-9-13-18(11-7-8-12-18)15-20-17(4,5)6/h7-15H2,1-6H3. The molecule has 1 aliphatic rings. The topological polar surface area (TPSA) is 18.5 Å². The van der Waals surface area contributed by atoms with Crippen molar-refractivity contribution >= 4 is 0 Å². The summed E-state index contributed by atoms with van der Waals surface area (Å²) >= 11 is 0. The fourth-order valence-corrected chi connectivity index (χ4v) is 2.94. The van der Waals surface area contributed by atoms with Gasteiger partial charge in [-0.25, -0.2) is 0 Å². The molecule has 0 radical (unpaired) electrons. The first kappa shape index (κ1) is 18.0. The van der Waals surface area contributed by atoms with Crippen molar-refractivity contribution in [3.8, 4) is 0 Å². The summed E-state index contributed by atoms with van der Waals surface area (Å²) in [6.07, 6.45) is 9.21. The molecule has 1 fully saturated rings. The van der Waals surface area contributed by atoms with Gasteiger partial charge in [-0.05, 0) is 72.6 Å². The Morgan fingerprint density at radius 1 is 0.800 bits per heavy atom. The molecule has 0 amide bonds. The predicted octanol–water partition coefficient (Wildman–Crippen LogP) is 5.35. The second kappa shape index (κ2) is 7.26. The number of hydrogen-bond acceptors (Lipinski definition) is 2. The van der Waals surface area contributed by atoms with Crippen molar-refractivity contribution in [3.05, 3.63) is 0 Å². The van der Waals surface area contributed by atoms with Crippen LogP contribution in [0.15, 0.2) is 0 Å². The van der Waals surface area contributed by atoms with Gasteiger partial charge in [0.2, 0.25) is 0 Å². The molecule has 2 heteroatoms. The van der Waals surface area contributed by atoms with Gasteiger partial charge in [0.1, 0.15) is 0 Å². The van der Waals surface area contributed by atoms with Crippen LogP contribution in [0, 0.1) is 5.41 Å². The van der Waals surface area contributed by atoms with Gasteiger partial charge in [-0.3, -0.25) is 0 Å². The summed E-state index contributed by atoms with van der Waals surface area (Å²) in [6.45, 7) is 14.7. The van der Waals surface area contributed by atoms with Crippen molar-refractivity contribution < 1.29 is 9.47 Å². The molecule has 120 valence electrons.